The largest absolute Gasteiger partial charge is 0.476 e. The van der Waals surface area contributed by atoms with Crippen LogP contribution in [-0.4, -0.2) is 26.0 Å². The molecule has 0 saturated heterocycles. The van der Waals surface area contributed by atoms with E-state index in [0.717, 1.165) is 6.20 Å². The Morgan fingerprint density at radius 3 is 2.62 bits per heavy atom. The van der Waals surface area contributed by atoms with Crippen LogP contribution in [0.1, 0.15) is 10.5 Å². The smallest absolute Gasteiger partial charge is 0.356 e. The molecule has 0 radical (unpaired) electrons. The number of hydrogen-bond donors (Lipinski definition) is 1. The zero-order valence-corrected chi connectivity index (χ0v) is 8.72. The molecule has 1 N–H and O–H groups in total. The molecule has 6 heteroatoms. The molecule has 0 bridgehead atoms. The monoisotopic (exact) mass is 235 g/mol. The van der Waals surface area contributed by atoms with E-state index in [1.807, 2.05) is 0 Å². The minimum Gasteiger partial charge on any atom is -0.476 e. The van der Waals surface area contributed by atoms with E-state index in [1.165, 1.54) is 0 Å². The van der Waals surface area contributed by atoms with Crippen molar-refractivity contribution < 1.29 is 9.90 Å². The van der Waals surface area contributed by atoms with Crippen LogP contribution in [0.2, 0.25) is 5.15 Å². The Balaban J connectivity index is 2.56. The second kappa shape index (κ2) is 4.24. The van der Waals surface area contributed by atoms with Crippen LogP contribution < -0.4 is 0 Å². The molecule has 0 saturated carbocycles. The van der Waals surface area contributed by atoms with Crippen molar-refractivity contribution in [2.45, 2.75) is 0 Å². The van der Waals surface area contributed by atoms with Crippen LogP contribution >= 0.6 is 11.6 Å². The lowest BCUT2D eigenvalue weighted by Crippen LogP contribution is -2.03. The van der Waals surface area contributed by atoms with Gasteiger partial charge in [0.2, 0.25) is 0 Å². The van der Waals surface area contributed by atoms with Crippen molar-refractivity contribution in [1.82, 2.24) is 15.0 Å². The summed E-state index contributed by atoms with van der Waals surface area (Å²) in [5.74, 6) is -1.14. The average Bonchev–Trinajstić information content (AvgIpc) is 2.30. The molecule has 0 aliphatic carbocycles. The SMILES string of the molecule is O=C(O)c1cnc(Cl)c(-c2ccncc2)n1. The molecule has 16 heavy (non-hydrogen) atoms. The van der Waals surface area contributed by atoms with E-state index in [2.05, 4.69) is 15.0 Å². The van der Waals surface area contributed by atoms with Crippen molar-refractivity contribution in [3.8, 4) is 11.3 Å². The molecular formula is C10H6ClN3O2. The zero-order chi connectivity index (χ0) is 11.5. The van der Waals surface area contributed by atoms with E-state index >= 15 is 0 Å². The lowest BCUT2D eigenvalue weighted by molar-refractivity contribution is 0.0690. The minimum atomic E-state index is -1.14. The average molecular weight is 236 g/mol. The summed E-state index contributed by atoms with van der Waals surface area (Å²) >= 11 is 5.85. The van der Waals surface area contributed by atoms with Crippen LogP contribution in [0.4, 0.5) is 0 Å². The Morgan fingerprint density at radius 2 is 2.00 bits per heavy atom. The Kier molecular flexibility index (Phi) is 2.78. The lowest BCUT2D eigenvalue weighted by Gasteiger charge is -2.03. The first-order chi connectivity index (χ1) is 7.68. The second-order valence-corrected chi connectivity index (χ2v) is 3.29. The fraction of sp³-hybridized carbons (Fsp3) is 0. The summed E-state index contributed by atoms with van der Waals surface area (Å²) in [6.07, 6.45) is 4.26. The molecule has 2 aromatic heterocycles. The molecule has 0 amide bonds. The molecule has 0 aromatic carbocycles. The maximum absolute atomic E-state index is 10.7. The van der Waals surface area contributed by atoms with Crippen molar-refractivity contribution in [2.75, 3.05) is 0 Å². The van der Waals surface area contributed by atoms with Gasteiger partial charge in [-0.15, -0.1) is 0 Å². The Bertz CT molecular complexity index is 531. The highest BCUT2D eigenvalue weighted by molar-refractivity contribution is 6.31. The molecule has 0 fully saturated rings. The second-order valence-electron chi connectivity index (χ2n) is 2.94. The molecule has 2 heterocycles. The van der Waals surface area contributed by atoms with Gasteiger partial charge in [-0.3, -0.25) is 4.98 Å². The van der Waals surface area contributed by atoms with Gasteiger partial charge < -0.3 is 5.11 Å². The van der Waals surface area contributed by atoms with Crippen molar-refractivity contribution >= 4 is 17.6 Å². The molecule has 0 aliphatic rings. The number of carboxylic acid groups (broad SMARTS) is 1. The van der Waals surface area contributed by atoms with Crippen LogP contribution in [0.15, 0.2) is 30.7 Å². The maximum Gasteiger partial charge on any atom is 0.356 e. The number of rotatable bonds is 2. The first-order valence-corrected chi connectivity index (χ1v) is 4.72. The van der Waals surface area contributed by atoms with Crippen molar-refractivity contribution in [2.24, 2.45) is 0 Å². The third kappa shape index (κ3) is 1.99. The Hall–Kier alpha value is -2.01. The van der Waals surface area contributed by atoms with Gasteiger partial charge in [-0.2, -0.15) is 0 Å². The topological polar surface area (TPSA) is 76.0 Å². The highest BCUT2D eigenvalue weighted by Crippen LogP contribution is 2.23. The van der Waals surface area contributed by atoms with Crippen LogP contribution in [0.5, 0.6) is 0 Å². The number of nitrogens with zero attached hydrogens (tertiary/aromatic N) is 3. The minimum absolute atomic E-state index is 0.142. The molecule has 80 valence electrons. The van der Waals surface area contributed by atoms with Gasteiger partial charge in [-0.1, -0.05) is 11.6 Å². The summed E-state index contributed by atoms with van der Waals surface area (Å²) in [4.78, 5) is 22.3. The fourth-order valence-corrected chi connectivity index (χ4v) is 1.37. The highest BCUT2D eigenvalue weighted by atomic mass is 35.5. The Labute approximate surface area is 95.8 Å². The summed E-state index contributed by atoms with van der Waals surface area (Å²) in [6.45, 7) is 0. The van der Waals surface area contributed by atoms with E-state index in [1.54, 1.807) is 24.5 Å². The number of aromatic nitrogens is 3. The standard InChI is InChI=1S/C10H6ClN3O2/c11-9-8(6-1-3-12-4-2-6)14-7(5-13-9)10(15)16/h1-5H,(H,15,16). The Morgan fingerprint density at radius 1 is 1.31 bits per heavy atom. The lowest BCUT2D eigenvalue weighted by atomic mass is 10.2. The molecule has 2 rings (SSSR count). The zero-order valence-electron chi connectivity index (χ0n) is 7.96. The maximum atomic E-state index is 10.7. The number of hydrogen-bond acceptors (Lipinski definition) is 4. The molecular weight excluding hydrogens is 230 g/mol. The molecule has 5 nitrogen and oxygen atoms in total. The van der Waals surface area contributed by atoms with Crippen LogP contribution in [0, 0.1) is 0 Å². The number of pyridine rings is 1. The first kappa shape index (κ1) is 10.5. The highest BCUT2D eigenvalue weighted by Gasteiger charge is 2.11. The number of halogens is 1. The van der Waals surface area contributed by atoms with Gasteiger partial charge in [0.25, 0.3) is 0 Å². The number of carboxylic acids is 1. The quantitative estimate of drug-likeness (QED) is 0.860. The van der Waals surface area contributed by atoms with Crippen molar-refractivity contribution in [1.29, 1.82) is 0 Å². The summed E-state index contributed by atoms with van der Waals surface area (Å²) in [7, 11) is 0. The third-order valence-corrected chi connectivity index (χ3v) is 2.18. The van der Waals surface area contributed by atoms with Gasteiger partial charge in [-0.25, -0.2) is 14.8 Å². The molecule has 0 unspecified atom stereocenters. The molecule has 0 aliphatic heterocycles. The van der Waals surface area contributed by atoms with Gasteiger partial charge >= 0.3 is 5.97 Å². The van der Waals surface area contributed by atoms with Crippen LogP contribution in [-0.2, 0) is 0 Å². The van der Waals surface area contributed by atoms with E-state index in [0.29, 0.717) is 11.3 Å². The molecule has 0 spiro atoms. The van der Waals surface area contributed by atoms with Crippen molar-refractivity contribution in [3.05, 3.63) is 41.6 Å². The van der Waals surface area contributed by atoms with Gasteiger partial charge in [0.15, 0.2) is 10.8 Å². The molecule has 0 atom stereocenters. The predicted octanol–water partition coefficient (Wildman–Crippen LogP) is 1.89. The number of aromatic carboxylic acids is 1. The van der Waals surface area contributed by atoms with Crippen molar-refractivity contribution in [3.63, 3.8) is 0 Å². The van der Waals surface area contributed by atoms with Crippen LogP contribution in [0.25, 0.3) is 11.3 Å². The third-order valence-electron chi connectivity index (χ3n) is 1.90. The first-order valence-electron chi connectivity index (χ1n) is 4.34. The van der Waals surface area contributed by atoms with Gasteiger partial charge in [-0.05, 0) is 12.1 Å². The molecule has 2 aromatic rings. The summed E-state index contributed by atoms with van der Waals surface area (Å²) < 4.78 is 0. The van der Waals surface area contributed by atoms with E-state index in [4.69, 9.17) is 16.7 Å². The van der Waals surface area contributed by atoms with E-state index in [9.17, 15) is 4.79 Å². The van der Waals surface area contributed by atoms with E-state index in [-0.39, 0.29) is 10.8 Å². The predicted molar refractivity (Wildman–Crippen MR) is 57.2 cm³/mol. The summed E-state index contributed by atoms with van der Waals surface area (Å²) in [6, 6.07) is 3.36. The normalized spacial score (nSPS) is 10.1. The van der Waals surface area contributed by atoms with Gasteiger partial charge in [0, 0.05) is 18.0 Å². The fourth-order valence-electron chi connectivity index (χ4n) is 1.17. The van der Waals surface area contributed by atoms with Crippen LogP contribution in [0.3, 0.4) is 0 Å². The number of carbonyl (C=O) groups is 1. The summed E-state index contributed by atoms with van der Waals surface area (Å²) in [5.41, 5.74) is 0.871. The summed E-state index contributed by atoms with van der Waals surface area (Å²) in [5, 5.41) is 8.95. The van der Waals surface area contributed by atoms with Gasteiger partial charge in [0.1, 0.15) is 5.69 Å². The van der Waals surface area contributed by atoms with E-state index < -0.39 is 5.97 Å². The van der Waals surface area contributed by atoms with Gasteiger partial charge in [0.05, 0.1) is 6.20 Å².